The number of aromatic nitrogens is 3. The first-order chi connectivity index (χ1) is 19.2. The molecule has 1 aliphatic rings. The Morgan fingerprint density at radius 1 is 0.850 bits per heavy atom. The highest BCUT2D eigenvalue weighted by Crippen LogP contribution is 2.31. The number of nitrogens with zero attached hydrogens (tertiary/aromatic N) is 5. The first-order valence-electron chi connectivity index (χ1n) is 12.5. The van der Waals surface area contributed by atoms with Crippen molar-refractivity contribution in [3.63, 3.8) is 0 Å². The SMILES string of the molecule is Fc1ccc(C(c2ccc(F)cc2)N2CCN(Cc3n[nH]c(=S)n3/N=C/c3ccc(C(F)(F)F)cc3)CC2)cc1. The second-order valence-corrected chi connectivity index (χ2v) is 9.83. The Balaban J connectivity index is 1.27. The molecule has 6 nitrogen and oxygen atoms in total. The van der Waals surface area contributed by atoms with Gasteiger partial charge in [-0.05, 0) is 65.3 Å². The topological polar surface area (TPSA) is 52.4 Å². The molecule has 0 bridgehead atoms. The van der Waals surface area contributed by atoms with E-state index < -0.39 is 11.7 Å². The van der Waals surface area contributed by atoms with Gasteiger partial charge in [0.15, 0.2) is 5.82 Å². The van der Waals surface area contributed by atoms with Crippen molar-refractivity contribution >= 4 is 18.4 Å². The second-order valence-electron chi connectivity index (χ2n) is 9.44. The molecule has 1 aliphatic heterocycles. The van der Waals surface area contributed by atoms with E-state index in [-0.39, 0.29) is 22.4 Å². The maximum Gasteiger partial charge on any atom is 0.416 e. The molecular weight excluding hydrogens is 547 g/mol. The number of nitrogens with one attached hydrogen (secondary N) is 1. The van der Waals surface area contributed by atoms with Crippen LogP contribution in [0.25, 0.3) is 0 Å². The predicted molar refractivity (Wildman–Crippen MR) is 143 cm³/mol. The number of hydrogen-bond acceptors (Lipinski definition) is 5. The Hall–Kier alpha value is -3.74. The van der Waals surface area contributed by atoms with Crippen LogP contribution < -0.4 is 0 Å². The Bertz CT molecular complexity index is 1460. The zero-order valence-electron chi connectivity index (χ0n) is 21.2. The van der Waals surface area contributed by atoms with Crippen LogP contribution in [0.5, 0.6) is 0 Å². The van der Waals surface area contributed by atoms with E-state index in [4.69, 9.17) is 12.2 Å². The number of alkyl halides is 3. The van der Waals surface area contributed by atoms with E-state index >= 15 is 0 Å². The van der Waals surface area contributed by atoms with Gasteiger partial charge >= 0.3 is 6.18 Å². The molecule has 0 amide bonds. The highest BCUT2D eigenvalue weighted by atomic mass is 32.1. The summed E-state index contributed by atoms with van der Waals surface area (Å²) >= 11 is 5.31. The molecule has 1 N–H and O–H groups in total. The summed E-state index contributed by atoms with van der Waals surface area (Å²) in [6, 6.07) is 17.2. The minimum Gasteiger partial charge on any atom is -0.293 e. The van der Waals surface area contributed by atoms with Crippen molar-refractivity contribution in [2.45, 2.75) is 18.8 Å². The molecular formula is C28H25F5N6S. The second kappa shape index (κ2) is 11.8. The first-order valence-corrected chi connectivity index (χ1v) is 12.9. The van der Waals surface area contributed by atoms with Crippen molar-refractivity contribution in [2.24, 2.45) is 5.10 Å². The predicted octanol–water partition coefficient (Wildman–Crippen LogP) is 6.03. The summed E-state index contributed by atoms with van der Waals surface area (Å²) in [7, 11) is 0. The quantitative estimate of drug-likeness (QED) is 0.167. The van der Waals surface area contributed by atoms with Crippen LogP contribution in [-0.4, -0.2) is 57.1 Å². The van der Waals surface area contributed by atoms with Gasteiger partial charge in [-0.1, -0.05) is 36.4 Å². The maximum absolute atomic E-state index is 13.6. The van der Waals surface area contributed by atoms with Crippen LogP contribution in [0.4, 0.5) is 22.0 Å². The van der Waals surface area contributed by atoms with Crippen molar-refractivity contribution in [3.05, 3.63) is 117 Å². The van der Waals surface area contributed by atoms with Gasteiger partial charge in [-0.25, -0.2) is 8.78 Å². The van der Waals surface area contributed by atoms with E-state index in [9.17, 15) is 22.0 Å². The number of rotatable bonds is 7. The highest BCUT2D eigenvalue weighted by molar-refractivity contribution is 7.71. The highest BCUT2D eigenvalue weighted by Gasteiger charge is 2.30. The molecule has 4 aromatic rings. The van der Waals surface area contributed by atoms with Gasteiger partial charge in [0.2, 0.25) is 4.77 Å². The smallest absolute Gasteiger partial charge is 0.293 e. The summed E-state index contributed by atoms with van der Waals surface area (Å²) in [5.74, 6) is -0.0723. The fourth-order valence-corrected chi connectivity index (χ4v) is 4.91. The number of H-pyrrole nitrogens is 1. The fourth-order valence-electron chi connectivity index (χ4n) is 4.71. The van der Waals surface area contributed by atoms with Crippen LogP contribution in [0.3, 0.4) is 0 Å². The minimum atomic E-state index is -4.40. The van der Waals surface area contributed by atoms with Gasteiger partial charge in [0.1, 0.15) is 11.6 Å². The normalized spacial score (nSPS) is 15.3. The summed E-state index contributed by atoms with van der Waals surface area (Å²) in [4.78, 5) is 4.47. The standard InChI is InChI=1S/C28H25F5N6S/c29-23-9-3-20(4-10-23)26(21-5-11-24(30)12-6-21)38-15-13-37(14-16-38)18-25-35-36-27(40)39(25)34-17-19-1-7-22(8-2-19)28(31,32)33/h1-12,17,26H,13-16,18H2,(H,36,40)/b34-17+. The fraction of sp³-hybridized carbons (Fsp3) is 0.250. The summed E-state index contributed by atoms with van der Waals surface area (Å²) < 4.78 is 67.4. The van der Waals surface area contributed by atoms with E-state index in [1.54, 1.807) is 24.3 Å². The Morgan fingerprint density at radius 3 is 1.93 bits per heavy atom. The number of piperazine rings is 1. The molecule has 0 radical (unpaired) electrons. The van der Waals surface area contributed by atoms with Crippen LogP contribution in [0.1, 0.15) is 34.1 Å². The van der Waals surface area contributed by atoms with Crippen LogP contribution >= 0.6 is 12.2 Å². The monoisotopic (exact) mass is 572 g/mol. The summed E-state index contributed by atoms with van der Waals surface area (Å²) in [6.07, 6.45) is -2.97. The van der Waals surface area contributed by atoms with Gasteiger partial charge in [0.25, 0.3) is 0 Å². The molecule has 0 unspecified atom stereocenters. The van der Waals surface area contributed by atoms with Crippen molar-refractivity contribution in [2.75, 3.05) is 26.2 Å². The van der Waals surface area contributed by atoms with E-state index in [1.807, 2.05) is 0 Å². The number of benzene rings is 3. The molecule has 1 fully saturated rings. The molecule has 12 heteroatoms. The Kier molecular flexibility index (Phi) is 8.19. The van der Waals surface area contributed by atoms with Gasteiger partial charge in [-0.15, -0.1) is 0 Å². The molecule has 0 atom stereocenters. The van der Waals surface area contributed by atoms with Crippen LogP contribution in [0, 0.1) is 16.4 Å². The van der Waals surface area contributed by atoms with E-state index in [0.717, 1.165) is 23.3 Å². The summed E-state index contributed by atoms with van der Waals surface area (Å²) in [5.41, 5.74) is 1.59. The molecule has 208 valence electrons. The van der Waals surface area contributed by atoms with Crippen molar-refractivity contribution in [1.82, 2.24) is 24.7 Å². The largest absolute Gasteiger partial charge is 0.416 e. The van der Waals surface area contributed by atoms with E-state index in [1.165, 1.54) is 47.3 Å². The Labute approximate surface area is 232 Å². The van der Waals surface area contributed by atoms with Crippen molar-refractivity contribution < 1.29 is 22.0 Å². The molecule has 5 rings (SSSR count). The maximum atomic E-state index is 13.6. The van der Waals surface area contributed by atoms with Crippen LogP contribution in [0.15, 0.2) is 77.9 Å². The first kappa shape index (κ1) is 27.8. The van der Waals surface area contributed by atoms with Gasteiger partial charge in [0.05, 0.1) is 24.4 Å². The molecule has 2 heterocycles. The lowest BCUT2D eigenvalue weighted by Crippen LogP contribution is -2.47. The molecule has 40 heavy (non-hydrogen) atoms. The molecule has 0 spiro atoms. The lowest BCUT2D eigenvalue weighted by atomic mass is 9.96. The number of aromatic amines is 1. The third-order valence-corrected chi connectivity index (χ3v) is 7.05. The van der Waals surface area contributed by atoms with Gasteiger partial charge in [-0.2, -0.15) is 28.0 Å². The van der Waals surface area contributed by atoms with Crippen LogP contribution in [-0.2, 0) is 12.7 Å². The molecule has 1 saturated heterocycles. The summed E-state index contributed by atoms with van der Waals surface area (Å²) in [5, 5.41) is 11.4. The molecule has 0 saturated carbocycles. The third-order valence-electron chi connectivity index (χ3n) is 6.79. The molecule has 3 aromatic carbocycles. The van der Waals surface area contributed by atoms with Crippen molar-refractivity contribution in [1.29, 1.82) is 0 Å². The average molecular weight is 573 g/mol. The lowest BCUT2D eigenvalue weighted by molar-refractivity contribution is -0.137. The number of halogens is 5. The molecule has 0 aliphatic carbocycles. The van der Waals surface area contributed by atoms with Gasteiger partial charge < -0.3 is 0 Å². The van der Waals surface area contributed by atoms with Gasteiger partial charge in [-0.3, -0.25) is 14.9 Å². The zero-order chi connectivity index (χ0) is 28.3. The van der Waals surface area contributed by atoms with E-state index in [2.05, 4.69) is 25.1 Å². The van der Waals surface area contributed by atoms with Gasteiger partial charge in [0, 0.05) is 26.2 Å². The zero-order valence-corrected chi connectivity index (χ0v) is 22.0. The van der Waals surface area contributed by atoms with E-state index in [0.29, 0.717) is 44.1 Å². The lowest BCUT2D eigenvalue weighted by Gasteiger charge is -2.39. The van der Waals surface area contributed by atoms with Crippen LogP contribution in [0.2, 0.25) is 0 Å². The average Bonchev–Trinajstić information content (AvgIpc) is 3.29. The van der Waals surface area contributed by atoms with Crippen molar-refractivity contribution in [3.8, 4) is 0 Å². The molecule has 1 aromatic heterocycles. The summed E-state index contributed by atoms with van der Waals surface area (Å²) in [6.45, 7) is 3.23. The number of hydrogen-bond donors (Lipinski definition) is 1. The minimum absolute atomic E-state index is 0.161. The third kappa shape index (κ3) is 6.52. The Morgan fingerprint density at radius 2 is 1.40 bits per heavy atom.